The molecule has 2 aromatic rings. The lowest BCUT2D eigenvalue weighted by Gasteiger charge is -2.17. The summed E-state index contributed by atoms with van der Waals surface area (Å²) in [7, 11) is 1.53. The molecular weight excluding hydrogens is 399 g/mol. The van der Waals surface area contributed by atoms with Crippen molar-refractivity contribution in [2.45, 2.75) is 12.4 Å². The van der Waals surface area contributed by atoms with Gasteiger partial charge in [0.2, 0.25) is 0 Å². The summed E-state index contributed by atoms with van der Waals surface area (Å²) >= 11 is 3.35. The van der Waals surface area contributed by atoms with Crippen molar-refractivity contribution < 1.29 is 22.6 Å². The summed E-state index contributed by atoms with van der Waals surface area (Å²) in [6, 6.07) is 10.3. The highest BCUT2D eigenvalue weighted by Gasteiger charge is 2.31. The van der Waals surface area contributed by atoms with Crippen LogP contribution in [0.15, 0.2) is 46.9 Å². The van der Waals surface area contributed by atoms with Crippen molar-refractivity contribution in [3.8, 4) is 11.5 Å². The number of methoxy groups -OCH3 is 1. The van der Waals surface area contributed by atoms with Gasteiger partial charge in [0, 0.05) is 10.0 Å². The number of rotatable bonds is 4. The number of benzene rings is 2. The molecule has 0 spiro atoms. The van der Waals surface area contributed by atoms with E-state index in [2.05, 4.69) is 20.7 Å². The monoisotopic (exact) mass is 411 g/mol. The summed E-state index contributed by atoms with van der Waals surface area (Å²) < 4.78 is 46.3. The second-order valence-electron chi connectivity index (χ2n) is 4.48. The third-order valence-electron chi connectivity index (χ3n) is 3.00. The van der Waals surface area contributed by atoms with E-state index in [0.29, 0.717) is 11.3 Å². The van der Waals surface area contributed by atoms with Crippen LogP contribution in [-0.4, -0.2) is 13.5 Å². The molecule has 8 heteroatoms. The van der Waals surface area contributed by atoms with Crippen molar-refractivity contribution in [1.82, 2.24) is 0 Å². The van der Waals surface area contributed by atoms with Crippen molar-refractivity contribution in [3.05, 3.63) is 58.1 Å². The lowest BCUT2D eigenvalue weighted by atomic mass is 9.99. The maximum absolute atomic E-state index is 12.1. The first-order valence-corrected chi connectivity index (χ1v) is 7.04. The molecule has 0 bridgehead atoms. The largest absolute Gasteiger partial charge is 0.573 e. The summed E-state index contributed by atoms with van der Waals surface area (Å²) in [6.07, 6.45) is -4.71. The number of nitrogens with two attached hydrogens (primary N) is 1. The first-order chi connectivity index (χ1) is 10.3. The fraction of sp³-hybridized carbons (Fsp3) is 0.200. The molecule has 0 fully saturated rings. The molecule has 2 N–H and O–H groups in total. The summed E-state index contributed by atoms with van der Waals surface area (Å²) in [4.78, 5) is 0. The first kappa shape index (κ1) is 19.6. The highest BCUT2D eigenvalue weighted by molar-refractivity contribution is 9.10. The zero-order valence-corrected chi connectivity index (χ0v) is 14.3. The average molecular weight is 413 g/mol. The Morgan fingerprint density at radius 2 is 1.70 bits per heavy atom. The van der Waals surface area contributed by atoms with Gasteiger partial charge in [-0.15, -0.1) is 25.6 Å². The van der Waals surface area contributed by atoms with Gasteiger partial charge in [-0.25, -0.2) is 0 Å². The third-order valence-corrected chi connectivity index (χ3v) is 3.49. The molecule has 0 saturated heterocycles. The Labute approximate surface area is 146 Å². The van der Waals surface area contributed by atoms with Crippen LogP contribution in [-0.2, 0) is 0 Å². The van der Waals surface area contributed by atoms with E-state index in [0.717, 1.165) is 10.0 Å². The molecule has 3 nitrogen and oxygen atoms in total. The van der Waals surface area contributed by atoms with Gasteiger partial charge in [0.05, 0.1) is 13.2 Å². The maximum atomic E-state index is 12.1. The standard InChI is InChI=1S/C15H13BrF3NO2.ClH/c1-21-13-7-4-10(16)8-12(13)14(20)9-2-5-11(6-3-9)22-15(17,18)19;/h2-8,14H,20H2,1H3;1H/t14-;/m0./s1. The highest BCUT2D eigenvalue weighted by atomic mass is 79.9. The van der Waals surface area contributed by atoms with Crippen molar-refractivity contribution >= 4 is 28.3 Å². The van der Waals surface area contributed by atoms with E-state index in [9.17, 15) is 13.2 Å². The second-order valence-corrected chi connectivity index (χ2v) is 5.40. The molecule has 0 amide bonds. The van der Waals surface area contributed by atoms with Crippen molar-refractivity contribution in [2.24, 2.45) is 5.73 Å². The van der Waals surface area contributed by atoms with Crippen molar-refractivity contribution in [2.75, 3.05) is 7.11 Å². The molecule has 2 rings (SSSR count). The first-order valence-electron chi connectivity index (χ1n) is 6.25. The second kappa shape index (κ2) is 7.90. The van der Waals surface area contributed by atoms with Gasteiger partial charge < -0.3 is 15.2 Å². The fourth-order valence-electron chi connectivity index (χ4n) is 2.00. The quantitative estimate of drug-likeness (QED) is 0.782. The summed E-state index contributed by atoms with van der Waals surface area (Å²) in [5.41, 5.74) is 7.54. The Bertz CT molecular complexity index is 650. The number of alkyl halides is 3. The van der Waals surface area contributed by atoms with E-state index in [1.165, 1.54) is 31.4 Å². The van der Waals surface area contributed by atoms with Crippen LogP contribution in [0.4, 0.5) is 13.2 Å². The third kappa shape index (κ3) is 5.30. The van der Waals surface area contributed by atoms with Crippen LogP contribution in [0.2, 0.25) is 0 Å². The van der Waals surface area contributed by atoms with Gasteiger partial charge in [-0.2, -0.15) is 0 Å². The summed E-state index contributed by atoms with van der Waals surface area (Å²) in [6.45, 7) is 0. The summed E-state index contributed by atoms with van der Waals surface area (Å²) in [5, 5.41) is 0. The minimum absolute atomic E-state index is 0. The van der Waals surface area contributed by atoms with Crippen molar-refractivity contribution in [1.29, 1.82) is 0 Å². The Hall–Kier alpha value is -1.44. The SMILES string of the molecule is COc1ccc(Br)cc1[C@@H](N)c1ccc(OC(F)(F)F)cc1.Cl. The van der Waals surface area contributed by atoms with E-state index in [1.54, 1.807) is 6.07 Å². The number of hydrogen-bond acceptors (Lipinski definition) is 3. The molecule has 0 unspecified atom stereocenters. The van der Waals surface area contributed by atoms with Crippen LogP contribution in [0.25, 0.3) is 0 Å². The lowest BCUT2D eigenvalue weighted by molar-refractivity contribution is -0.274. The van der Waals surface area contributed by atoms with E-state index >= 15 is 0 Å². The zero-order chi connectivity index (χ0) is 16.3. The number of halogens is 5. The van der Waals surface area contributed by atoms with E-state index < -0.39 is 12.4 Å². The van der Waals surface area contributed by atoms with Crippen LogP contribution < -0.4 is 15.2 Å². The topological polar surface area (TPSA) is 44.5 Å². The van der Waals surface area contributed by atoms with Crippen LogP contribution in [0.1, 0.15) is 17.2 Å². The highest BCUT2D eigenvalue weighted by Crippen LogP contribution is 2.32. The minimum atomic E-state index is -4.71. The molecule has 0 saturated carbocycles. The molecule has 2 aromatic carbocycles. The van der Waals surface area contributed by atoms with Gasteiger partial charge in [0.25, 0.3) is 0 Å². The Balaban J connectivity index is 0.00000264. The molecular formula is C15H14BrClF3NO2. The Kier molecular flexibility index (Phi) is 6.73. The molecule has 1 atom stereocenters. The fourth-order valence-corrected chi connectivity index (χ4v) is 2.38. The minimum Gasteiger partial charge on any atom is -0.496 e. The van der Waals surface area contributed by atoms with Crippen LogP contribution >= 0.6 is 28.3 Å². The van der Waals surface area contributed by atoms with Crippen LogP contribution in [0.3, 0.4) is 0 Å². The van der Waals surface area contributed by atoms with Gasteiger partial charge in [0.1, 0.15) is 11.5 Å². The molecule has 23 heavy (non-hydrogen) atoms. The van der Waals surface area contributed by atoms with Gasteiger partial charge >= 0.3 is 6.36 Å². The normalized spacial score (nSPS) is 12.3. The maximum Gasteiger partial charge on any atom is 0.573 e. The average Bonchev–Trinajstić information content (AvgIpc) is 2.45. The molecule has 0 aliphatic carbocycles. The molecule has 126 valence electrons. The molecule has 0 aliphatic heterocycles. The Morgan fingerprint density at radius 3 is 2.22 bits per heavy atom. The number of ether oxygens (including phenoxy) is 2. The van der Waals surface area contributed by atoms with Gasteiger partial charge in [0.15, 0.2) is 0 Å². The van der Waals surface area contributed by atoms with E-state index in [1.807, 2.05) is 12.1 Å². The van der Waals surface area contributed by atoms with E-state index in [-0.39, 0.29) is 18.2 Å². The van der Waals surface area contributed by atoms with Gasteiger partial charge in [-0.05, 0) is 35.9 Å². The lowest BCUT2D eigenvalue weighted by Crippen LogP contribution is -2.17. The van der Waals surface area contributed by atoms with Crippen LogP contribution in [0, 0.1) is 0 Å². The van der Waals surface area contributed by atoms with Crippen molar-refractivity contribution in [3.63, 3.8) is 0 Å². The number of hydrogen-bond donors (Lipinski definition) is 1. The zero-order valence-electron chi connectivity index (χ0n) is 11.9. The van der Waals surface area contributed by atoms with Gasteiger partial charge in [-0.3, -0.25) is 0 Å². The molecule has 0 aliphatic rings. The summed E-state index contributed by atoms with van der Waals surface area (Å²) in [5.74, 6) is 0.316. The van der Waals surface area contributed by atoms with Crippen LogP contribution in [0.5, 0.6) is 11.5 Å². The molecule has 0 heterocycles. The van der Waals surface area contributed by atoms with E-state index in [4.69, 9.17) is 10.5 Å². The Morgan fingerprint density at radius 1 is 1.09 bits per heavy atom. The van der Waals surface area contributed by atoms with Gasteiger partial charge in [-0.1, -0.05) is 28.1 Å². The molecule has 0 aromatic heterocycles. The smallest absolute Gasteiger partial charge is 0.496 e. The predicted octanol–water partition coefficient (Wildman–Crippen LogP) is 4.83. The predicted molar refractivity (Wildman–Crippen MR) is 87.1 cm³/mol. The molecule has 0 radical (unpaired) electrons.